The van der Waals surface area contributed by atoms with Gasteiger partial charge < -0.3 is 30.3 Å². The number of amides is 3. The van der Waals surface area contributed by atoms with Crippen molar-refractivity contribution in [1.29, 1.82) is 0 Å². The molecule has 178 valence electrons. The average molecular weight is 447 g/mol. The molecule has 1 fully saturated rings. The highest BCUT2D eigenvalue weighted by Crippen LogP contribution is 2.35. The molecule has 1 aromatic carbocycles. The number of carbonyl (C=O) groups is 2. The summed E-state index contributed by atoms with van der Waals surface area (Å²) < 4.78 is 6.50. The molecule has 0 spiro atoms. The summed E-state index contributed by atoms with van der Waals surface area (Å²) in [6.07, 6.45) is 2.39. The maximum Gasteiger partial charge on any atom is 0.319 e. The number of anilines is 1. The molecule has 8 heteroatoms. The first kappa shape index (κ1) is 24.3. The van der Waals surface area contributed by atoms with Gasteiger partial charge in [-0.3, -0.25) is 4.79 Å². The van der Waals surface area contributed by atoms with Gasteiger partial charge in [0.25, 0.3) is 5.91 Å². The number of aliphatic hydroxyl groups is 1. The highest BCUT2D eigenvalue weighted by atomic mass is 16.5. The van der Waals surface area contributed by atoms with E-state index in [9.17, 15) is 14.7 Å². The number of fused-ring (bicyclic) bond motifs is 1. The van der Waals surface area contributed by atoms with E-state index < -0.39 is 0 Å². The van der Waals surface area contributed by atoms with Crippen LogP contribution in [0, 0.1) is 11.8 Å². The zero-order chi connectivity index (χ0) is 23.4. The fraction of sp³-hybridized carbons (Fsp3) is 0.667. The predicted molar refractivity (Wildman–Crippen MR) is 125 cm³/mol. The Balaban J connectivity index is 1.94. The zero-order valence-corrected chi connectivity index (χ0v) is 19.9. The van der Waals surface area contributed by atoms with Crippen molar-refractivity contribution in [2.24, 2.45) is 11.8 Å². The highest BCUT2D eigenvalue weighted by Gasteiger charge is 2.35. The van der Waals surface area contributed by atoms with E-state index in [0.29, 0.717) is 23.5 Å². The van der Waals surface area contributed by atoms with Crippen molar-refractivity contribution in [3.8, 4) is 5.75 Å². The molecule has 3 rings (SSSR count). The van der Waals surface area contributed by atoms with E-state index in [0.717, 1.165) is 19.0 Å². The summed E-state index contributed by atoms with van der Waals surface area (Å²) in [7, 11) is 2.10. The molecule has 1 aromatic rings. The molecule has 0 aromatic heterocycles. The Morgan fingerprint density at radius 2 is 2.00 bits per heavy atom. The molecular formula is C24H38N4O4. The van der Waals surface area contributed by atoms with Crippen molar-refractivity contribution in [3.05, 3.63) is 23.8 Å². The van der Waals surface area contributed by atoms with E-state index in [4.69, 9.17) is 4.74 Å². The molecule has 3 amide bonds. The third-order valence-corrected chi connectivity index (χ3v) is 6.12. The summed E-state index contributed by atoms with van der Waals surface area (Å²) in [4.78, 5) is 29.8. The normalized spacial score (nSPS) is 22.1. The number of carbonyl (C=O) groups excluding carboxylic acids is 2. The molecule has 1 heterocycles. The van der Waals surface area contributed by atoms with E-state index in [-0.39, 0.29) is 42.7 Å². The minimum absolute atomic E-state index is 0.0205. The Labute approximate surface area is 191 Å². The van der Waals surface area contributed by atoms with Crippen molar-refractivity contribution >= 4 is 17.6 Å². The molecule has 3 N–H and O–H groups in total. The minimum Gasteiger partial charge on any atom is -0.486 e. The average Bonchev–Trinajstić information content (AvgIpc) is 3.53. The van der Waals surface area contributed by atoms with Gasteiger partial charge in [0.2, 0.25) is 0 Å². The SMILES string of the molecule is CC(C)NC(=O)Nc1cccc2c1O[C@H](CN(C)CC1CC1)[C@@H](C)CN([C@@H](C)CO)C2=O. The summed E-state index contributed by atoms with van der Waals surface area (Å²) in [5.41, 5.74) is 0.865. The maximum atomic E-state index is 13.4. The van der Waals surface area contributed by atoms with Crippen LogP contribution in [-0.2, 0) is 0 Å². The van der Waals surface area contributed by atoms with Gasteiger partial charge in [-0.2, -0.15) is 0 Å². The summed E-state index contributed by atoms with van der Waals surface area (Å²) in [5, 5.41) is 15.4. The molecule has 0 unspecified atom stereocenters. The van der Waals surface area contributed by atoms with Crippen LogP contribution in [0.25, 0.3) is 0 Å². The Morgan fingerprint density at radius 1 is 1.28 bits per heavy atom. The fourth-order valence-corrected chi connectivity index (χ4v) is 4.10. The second-order valence-electron chi connectivity index (χ2n) is 9.72. The number of aliphatic hydroxyl groups excluding tert-OH is 1. The van der Waals surface area contributed by atoms with E-state index in [2.05, 4.69) is 29.5 Å². The topological polar surface area (TPSA) is 94.1 Å². The quantitative estimate of drug-likeness (QED) is 0.571. The van der Waals surface area contributed by atoms with Crippen LogP contribution in [0.5, 0.6) is 5.75 Å². The van der Waals surface area contributed by atoms with Crippen molar-refractivity contribution in [2.75, 3.05) is 38.6 Å². The predicted octanol–water partition coefficient (Wildman–Crippen LogP) is 2.78. The number of nitrogens with one attached hydrogen (secondary N) is 2. The third kappa shape index (κ3) is 6.13. The molecule has 32 heavy (non-hydrogen) atoms. The number of benzene rings is 1. The van der Waals surface area contributed by atoms with Crippen LogP contribution in [0.1, 0.15) is 50.9 Å². The summed E-state index contributed by atoms with van der Waals surface area (Å²) in [6.45, 7) is 9.83. The molecule has 3 atom stereocenters. The number of hydrogen-bond acceptors (Lipinski definition) is 5. The minimum atomic E-state index is -0.345. The number of likely N-dealkylation sites (N-methyl/N-ethyl adjacent to an activating group) is 1. The smallest absolute Gasteiger partial charge is 0.319 e. The molecule has 2 aliphatic rings. The van der Waals surface area contributed by atoms with Crippen molar-refractivity contribution in [1.82, 2.24) is 15.1 Å². The van der Waals surface area contributed by atoms with Gasteiger partial charge >= 0.3 is 6.03 Å². The number of ether oxygens (including phenoxy) is 1. The first-order valence-electron chi connectivity index (χ1n) is 11.7. The lowest BCUT2D eigenvalue weighted by molar-refractivity contribution is 0.0346. The van der Waals surface area contributed by atoms with Gasteiger partial charge in [-0.25, -0.2) is 4.79 Å². The first-order valence-corrected chi connectivity index (χ1v) is 11.7. The Hall–Kier alpha value is -2.32. The van der Waals surface area contributed by atoms with Crippen LogP contribution in [0.2, 0.25) is 0 Å². The Kier molecular flexibility index (Phi) is 8.00. The summed E-state index contributed by atoms with van der Waals surface area (Å²) in [6, 6.07) is 4.54. The highest BCUT2D eigenvalue weighted by molar-refractivity contribution is 6.01. The summed E-state index contributed by atoms with van der Waals surface area (Å²) in [5.74, 6) is 0.995. The van der Waals surface area contributed by atoms with Crippen molar-refractivity contribution in [3.63, 3.8) is 0 Å². The van der Waals surface area contributed by atoms with Crippen LogP contribution >= 0.6 is 0 Å². The second kappa shape index (κ2) is 10.5. The van der Waals surface area contributed by atoms with Crippen LogP contribution in [-0.4, -0.2) is 78.3 Å². The number of para-hydroxylation sites is 1. The van der Waals surface area contributed by atoms with Gasteiger partial charge in [-0.15, -0.1) is 0 Å². The summed E-state index contributed by atoms with van der Waals surface area (Å²) >= 11 is 0. The lowest BCUT2D eigenvalue weighted by Crippen LogP contribution is -2.50. The number of urea groups is 1. The number of hydrogen-bond donors (Lipinski definition) is 3. The fourth-order valence-electron chi connectivity index (χ4n) is 4.10. The lowest BCUT2D eigenvalue weighted by atomic mass is 9.99. The van der Waals surface area contributed by atoms with E-state index in [1.54, 1.807) is 23.1 Å². The second-order valence-corrected chi connectivity index (χ2v) is 9.72. The Morgan fingerprint density at radius 3 is 2.62 bits per heavy atom. The van der Waals surface area contributed by atoms with Gasteiger partial charge in [0.1, 0.15) is 6.10 Å². The van der Waals surface area contributed by atoms with Crippen molar-refractivity contribution in [2.45, 2.75) is 58.7 Å². The molecule has 1 saturated carbocycles. The lowest BCUT2D eigenvalue weighted by Gasteiger charge is -2.38. The van der Waals surface area contributed by atoms with Crippen LogP contribution in [0.3, 0.4) is 0 Å². The zero-order valence-electron chi connectivity index (χ0n) is 19.9. The van der Waals surface area contributed by atoms with E-state index >= 15 is 0 Å². The van der Waals surface area contributed by atoms with Gasteiger partial charge in [-0.1, -0.05) is 13.0 Å². The molecule has 0 bridgehead atoms. The number of rotatable bonds is 8. The van der Waals surface area contributed by atoms with Crippen LogP contribution in [0.15, 0.2) is 18.2 Å². The molecule has 0 saturated heterocycles. The molecule has 1 aliphatic carbocycles. The van der Waals surface area contributed by atoms with E-state index in [1.807, 2.05) is 20.8 Å². The van der Waals surface area contributed by atoms with Crippen LogP contribution < -0.4 is 15.4 Å². The van der Waals surface area contributed by atoms with Crippen LogP contribution in [0.4, 0.5) is 10.5 Å². The molecule has 1 aliphatic heterocycles. The largest absolute Gasteiger partial charge is 0.486 e. The Bertz CT molecular complexity index is 811. The van der Waals surface area contributed by atoms with Crippen molar-refractivity contribution < 1.29 is 19.4 Å². The standard InChI is InChI=1S/C24H38N4O4/c1-15(2)25-24(31)26-20-8-6-7-19-22(20)32-21(13-27(5)12-18-9-10-18)16(3)11-28(23(19)30)17(4)14-29/h6-8,15-18,21,29H,9-14H2,1-5H3,(H2,25,26,31)/t16-,17-,21+/m0/s1. The molecule has 8 nitrogen and oxygen atoms in total. The molecular weight excluding hydrogens is 408 g/mol. The third-order valence-electron chi connectivity index (χ3n) is 6.12. The first-order chi connectivity index (χ1) is 15.2. The van der Waals surface area contributed by atoms with E-state index in [1.165, 1.54) is 12.8 Å². The van der Waals surface area contributed by atoms with Gasteiger partial charge in [0.05, 0.1) is 23.9 Å². The van der Waals surface area contributed by atoms with Gasteiger partial charge in [0, 0.05) is 31.6 Å². The molecule has 0 radical (unpaired) electrons. The maximum absolute atomic E-state index is 13.4. The van der Waals surface area contributed by atoms with Gasteiger partial charge in [-0.05, 0) is 58.7 Å². The van der Waals surface area contributed by atoms with Gasteiger partial charge in [0.15, 0.2) is 5.75 Å². The monoisotopic (exact) mass is 446 g/mol. The number of nitrogens with zero attached hydrogens (tertiary/aromatic N) is 2.